The Balaban J connectivity index is 1.55. The zero-order valence-electron chi connectivity index (χ0n) is 11.3. The molecule has 4 heteroatoms. The predicted molar refractivity (Wildman–Crippen MR) is 76.2 cm³/mol. The lowest BCUT2D eigenvalue weighted by atomic mass is 9.87. The van der Waals surface area contributed by atoms with Crippen LogP contribution in [-0.2, 0) is 11.2 Å². The second kappa shape index (κ2) is 4.32. The number of fused-ring (bicyclic) bond motifs is 3. The molecule has 2 saturated heterocycles. The lowest BCUT2D eigenvalue weighted by Crippen LogP contribution is -2.44. The monoisotopic (exact) mass is 276 g/mol. The fraction of sp³-hybridized carbons (Fsp3) is 0.667. The molecular weight excluding hydrogens is 256 g/mol. The van der Waals surface area contributed by atoms with E-state index >= 15 is 0 Å². The molecule has 3 nitrogen and oxygen atoms in total. The van der Waals surface area contributed by atoms with Gasteiger partial charge in [0.05, 0.1) is 12.0 Å². The Morgan fingerprint density at radius 1 is 1.47 bits per heavy atom. The molecule has 0 radical (unpaired) electrons. The SMILES string of the molecule is CC1c2ccsc2CCN1C(=O)C1CC2CCC1N2. The first-order valence-corrected chi connectivity index (χ1v) is 8.25. The number of carbonyl (C=O) groups is 1. The summed E-state index contributed by atoms with van der Waals surface area (Å²) in [6.07, 6.45) is 4.55. The first kappa shape index (κ1) is 11.9. The molecule has 102 valence electrons. The summed E-state index contributed by atoms with van der Waals surface area (Å²) in [5.41, 5.74) is 1.38. The maximum atomic E-state index is 12.8. The van der Waals surface area contributed by atoms with Crippen LogP contribution in [0.4, 0.5) is 0 Å². The Kier molecular flexibility index (Phi) is 2.71. The highest BCUT2D eigenvalue weighted by Crippen LogP contribution is 2.38. The first-order valence-electron chi connectivity index (χ1n) is 7.37. The predicted octanol–water partition coefficient (Wildman–Crippen LogP) is 2.33. The number of thiophene rings is 1. The van der Waals surface area contributed by atoms with Crippen LogP contribution in [0.1, 0.15) is 42.7 Å². The summed E-state index contributed by atoms with van der Waals surface area (Å²) in [4.78, 5) is 16.4. The van der Waals surface area contributed by atoms with E-state index in [2.05, 4.69) is 28.6 Å². The minimum absolute atomic E-state index is 0.237. The average Bonchev–Trinajstić information content (AvgIpc) is 3.14. The largest absolute Gasteiger partial charge is 0.335 e. The highest BCUT2D eigenvalue weighted by molar-refractivity contribution is 7.10. The Morgan fingerprint density at radius 2 is 2.37 bits per heavy atom. The van der Waals surface area contributed by atoms with Gasteiger partial charge in [-0.25, -0.2) is 0 Å². The molecular formula is C15H20N2OS. The van der Waals surface area contributed by atoms with Gasteiger partial charge < -0.3 is 10.2 Å². The van der Waals surface area contributed by atoms with Crippen LogP contribution in [-0.4, -0.2) is 29.4 Å². The van der Waals surface area contributed by atoms with Crippen LogP contribution >= 0.6 is 11.3 Å². The molecule has 0 aliphatic carbocycles. The molecule has 3 aliphatic heterocycles. The zero-order chi connectivity index (χ0) is 13.0. The Morgan fingerprint density at radius 3 is 3.11 bits per heavy atom. The second-order valence-electron chi connectivity index (χ2n) is 6.15. The molecule has 4 atom stereocenters. The summed E-state index contributed by atoms with van der Waals surface area (Å²) < 4.78 is 0. The smallest absolute Gasteiger partial charge is 0.227 e. The molecule has 3 aliphatic rings. The van der Waals surface area contributed by atoms with Gasteiger partial charge in [-0.05, 0) is 49.6 Å². The van der Waals surface area contributed by atoms with Crippen LogP contribution < -0.4 is 5.32 Å². The Labute approximate surface area is 118 Å². The van der Waals surface area contributed by atoms with Gasteiger partial charge in [0.2, 0.25) is 5.91 Å². The van der Waals surface area contributed by atoms with Gasteiger partial charge in [0.1, 0.15) is 0 Å². The first-order chi connectivity index (χ1) is 9.24. The van der Waals surface area contributed by atoms with Crippen LogP contribution in [0.2, 0.25) is 0 Å². The molecule has 4 rings (SSSR count). The van der Waals surface area contributed by atoms with Gasteiger partial charge in [0.15, 0.2) is 0 Å². The van der Waals surface area contributed by atoms with E-state index in [0.29, 0.717) is 18.0 Å². The molecule has 1 aromatic heterocycles. The molecule has 1 aromatic rings. The lowest BCUT2D eigenvalue weighted by Gasteiger charge is -2.36. The van der Waals surface area contributed by atoms with E-state index in [9.17, 15) is 4.79 Å². The van der Waals surface area contributed by atoms with Crippen molar-refractivity contribution in [1.82, 2.24) is 10.2 Å². The van der Waals surface area contributed by atoms with Crippen LogP contribution in [0.5, 0.6) is 0 Å². The maximum Gasteiger partial charge on any atom is 0.227 e. The van der Waals surface area contributed by atoms with Gasteiger partial charge in [0, 0.05) is 23.5 Å². The lowest BCUT2D eigenvalue weighted by molar-refractivity contribution is -0.138. The number of amides is 1. The van der Waals surface area contributed by atoms with Crippen LogP contribution in [0, 0.1) is 5.92 Å². The minimum Gasteiger partial charge on any atom is -0.335 e. The Hall–Kier alpha value is -0.870. The van der Waals surface area contributed by atoms with E-state index in [1.54, 1.807) is 0 Å². The number of hydrogen-bond donors (Lipinski definition) is 1. The van der Waals surface area contributed by atoms with Crippen molar-refractivity contribution in [3.05, 3.63) is 21.9 Å². The third kappa shape index (κ3) is 1.77. The van der Waals surface area contributed by atoms with E-state index in [-0.39, 0.29) is 12.0 Å². The van der Waals surface area contributed by atoms with Gasteiger partial charge in [0.25, 0.3) is 0 Å². The molecule has 1 amide bonds. The molecule has 2 bridgehead atoms. The Bertz CT molecular complexity index is 512. The molecule has 0 saturated carbocycles. The van der Waals surface area contributed by atoms with Crippen molar-refractivity contribution in [1.29, 1.82) is 0 Å². The van der Waals surface area contributed by atoms with Crippen LogP contribution in [0.3, 0.4) is 0 Å². The molecule has 19 heavy (non-hydrogen) atoms. The molecule has 4 heterocycles. The van der Waals surface area contributed by atoms with Crippen molar-refractivity contribution in [2.75, 3.05) is 6.54 Å². The van der Waals surface area contributed by atoms with Gasteiger partial charge in [-0.3, -0.25) is 4.79 Å². The van der Waals surface area contributed by atoms with Gasteiger partial charge in [-0.2, -0.15) is 0 Å². The second-order valence-corrected chi connectivity index (χ2v) is 7.15. The van der Waals surface area contributed by atoms with Gasteiger partial charge >= 0.3 is 0 Å². The molecule has 2 fully saturated rings. The molecule has 0 spiro atoms. The van der Waals surface area contributed by atoms with E-state index < -0.39 is 0 Å². The van der Waals surface area contributed by atoms with E-state index in [1.165, 1.54) is 23.3 Å². The molecule has 1 N–H and O–H groups in total. The topological polar surface area (TPSA) is 32.3 Å². The fourth-order valence-corrected chi connectivity index (χ4v) is 5.08. The summed E-state index contributed by atoms with van der Waals surface area (Å²) >= 11 is 1.84. The van der Waals surface area contributed by atoms with Gasteiger partial charge in [-0.1, -0.05) is 0 Å². The van der Waals surface area contributed by atoms with Crippen molar-refractivity contribution in [3.8, 4) is 0 Å². The van der Waals surface area contributed by atoms with Crippen LogP contribution in [0.15, 0.2) is 11.4 Å². The third-order valence-corrected chi connectivity index (χ3v) is 6.17. The van der Waals surface area contributed by atoms with Crippen molar-refractivity contribution in [2.45, 2.75) is 50.7 Å². The molecule has 0 aromatic carbocycles. The maximum absolute atomic E-state index is 12.8. The highest BCUT2D eigenvalue weighted by Gasteiger charge is 2.45. The van der Waals surface area contributed by atoms with Crippen molar-refractivity contribution in [2.24, 2.45) is 5.92 Å². The van der Waals surface area contributed by atoms with Crippen LogP contribution in [0.25, 0.3) is 0 Å². The summed E-state index contributed by atoms with van der Waals surface area (Å²) in [6, 6.07) is 3.52. The van der Waals surface area contributed by atoms with Crippen molar-refractivity contribution in [3.63, 3.8) is 0 Å². The normalized spacial score (nSPS) is 36.6. The van der Waals surface area contributed by atoms with E-state index in [0.717, 1.165) is 19.4 Å². The van der Waals surface area contributed by atoms with Gasteiger partial charge in [-0.15, -0.1) is 11.3 Å². The molecule has 4 unspecified atom stereocenters. The number of hydrogen-bond acceptors (Lipinski definition) is 3. The summed E-state index contributed by atoms with van der Waals surface area (Å²) in [5.74, 6) is 0.630. The van der Waals surface area contributed by atoms with Crippen molar-refractivity contribution < 1.29 is 4.79 Å². The summed E-state index contributed by atoms with van der Waals surface area (Å²) in [5, 5.41) is 5.74. The van der Waals surface area contributed by atoms with Crippen molar-refractivity contribution >= 4 is 17.2 Å². The quantitative estimate of drug-likeness (QED) is 0.854. The highest BCUT2D eigenvalue weighted by atomic mass is 32.1. The number of rotatable bonds is 1. The zero-order valence-corrected chi connectivity index (χ0v) is 12.1. The summed E-state index contributed by atoms with van der Waals surface area (Å²) in [7, 11) is 0. The van der Waals surface area contributed by atoms with E-state index in [4.69, 9.17) is 0 Å². The minimum atomic E-state index is 0.237. The van der Waals surface area contributed by atoms with E-state index in [1.807, 2.05) is 11.3 Å². The standard InChI is InChI=1S/C15H20N2OS/c1-9-11-5-7-19-14(11)4-6-17(9)15(18)12-8-10-2-3-13(12)16-10/h5,7,9-10,12-13,16H,2-4,6,8H2,1H3. The number of nitrogens with one attached hydrogen (secondary N) is 1. The summed E-state index contributed by atoms with van der Waals surface area (Å²) in [6.45, 7) is 3.09. The fourth-order valence-electron chi connectivity index (χ4n) is 4.12. The number of nitrogens with zero attached hydrogens (tertiary/aromatic N) is 1. The average molecular weight is 276 g/mol. The third-order valence-electron chi connectivity index (χ3n) is 5.18. The number of carbonyl (C=O) groups excluding carboxylic acids is 1.